The van der Waals surface area contributed by atoms with Crippen molar-refractivity contribution >= 4 is 21.6 Å². The van der Waals surface area contributed by atoms with Crippen molar-refractivity contribution in [2.75, 3.05) is 11.9 Å². The summed E-state index contributed by atoms with van der Waals surface area (Å²) in [6, 6.07) is 18.4. The van der Waals surface area contributed by atoms with Crippen LogP contribution in [0.1, 0.15) is 12.5 Å². The third kappa shape index (κ3) is 5.05. The largest absolute Gasteiger partial charge is 0.382 e. The van der Waals surface area contributed by atoms with E-state index >= 15 is 0 Å². The zero-order chi connectivity index (χ0) is 13.5. The molecule has 1 unspecified atom stereocenters. The van der Waals surface area contributed by atoms with Crippen LogP contribution in [0.25, 0.3) is 0 Å². The molecule has 0 amide bonds. The molecule has 1 atom stereocenters. The number of halogens is 1. The van der Waals surface area contributed by atoms with Gasteiger partial charge in [0, 0.05) is 16.7 Å². The van der Waals surface area contributed by atoms with Crippen LogP contribution in [0.3, 0.4) is 0 Å². The molecule has 0 saturated heterocycles. The van der Waals surface area contributed by atoms with Crippen LogP contribution in [0.4, 0.5) is 5.69 Å². The number of hydrogen-bond acceptors (Lipinski definition) is 2. The van der Waals surface area contributed by atoms with E-state index in [1.807, 2.05) is 30.3 Å². The van der Waals surface area contributed by atoms with Crippen molar-refractivity contribution < 1.29 is 4.74 Å². The van der Waals surface area contributed by atoms with E-state index in [4.69, 9.17) is 4.74 Å². The van der Waals surface area contributed by atoms with Crippen molar-refractivity contribution in [2.45, 2.75) is 19.6 Å². The Bertz CT molecular complexity index is 501. The van der Waals surface area contributed by atoms with Gasteiger partial charge in [0.1, 0.15) is 0 Å². The summed E-state index contributed by atoms with van der Waals surface area (Å²) >= 11 is 3.46. The first-order valence-electron chi connectivity index (χ1n) is 6.39. The molecule has 0 heterocycles. The number of benzene rings is 2. The molecule has 2 nitrogen and oxygen atoms in total. The molecule has 2 aromatic carbocycles. The summed E-state index contributed by atoms with van der Waals surface area (Å²) in [5, 5.41) is 3.36. The molecule has 0 bridgehead atoms. The first kappa shape index (κ1) is 14.1. The highest BCUT2D eigenvalue weighted by atomic mass is 79.9. The van der Waals surface area contributed by atoms with Crippen LogP contribution in [0, 0.1) is 0 Å². The van der Waals surface area contributed by atoms with Crippen molar-refractivity contribution in [2.24, 2.45) is 0 Å². The van der Waals surface area contributed by atoms with Gasteiger partial charge in [0.2, 0.25) is 0 Å². The standard InChI is InChI=1S/C16H18BrNO/c1-13(11-18-16-8-3-2-4-9-16)19-12-14-6-5-7-15(17)10-14/h2-10,13,18H,11-12H2,1H3. The third-order valence-corrected chi connectivity index (χ3v) is 3.28. The van der Waals surface area contributed by atoms with Crippen LogP contribution in [0.5, 0.6) is 0 Å². The van der Waals surface area contributed by atoms with E-state index in [1.165, 1.54) is 5.56 Å². The van der Waals surface area contributed by atoms with Crippen LogP contribution >= 0.6 is 15.9 Å². The highest BCUT2D eigenvalue weighted by Gasteiger charge is 2.03. The van der Waals surface area contributed by atoms with Gasteiger partial charge in [-0.1, -0.05) is 46.3 Å². The summed E-state index contributed by atoms with van der Waals surface area (Å²) in [5.41, 5.74) is 2.31. The summed E-state index contributed by atoms with van der Waals surface area (Å²) in [4.78, 5) is 0. The summed E-state index contributed by atoms with van der Waals surface area (Å²) in [7, 11) is 0. The predicted octanol–water partition coefficient (Wildman–Crippen LogP) is 4.47. The van der Waals surface area contributed by atoms with Crippen LogP contribution in [-0.2, 0) is 11.3 Å². The normalized spacial score (nSPS) is 12.1. The van der Waals surface area contributed by atoms with Crippen molar-refractivity contribution in [1.82, 2.24) is 0 Å². The Morgan fingerprint density at radius 3 is 2.63 bits per heavy atom. The summed E-state index contributed by atoms with van der Waals surface area (Å²) < 4.78 is 6.91. The van der Waals surface area contributed by atoms with E-state index in [0.717, 1.165) is 16.7 Å². The predicted molar refractivity (Wildman–Crippen MR) is 83.3 cm³/mol. The molecule has 0 fully saturated rings. The smallest absolute Gasteiger partial charge is 0.0723 e. The van der Waals surface area contributed by atoms with E-state index in [1.54, 1.807) is 0 Å². The molecule has 0 aliphatic heterocycles. The number of para-hydroxylation sites is 1. The summed E-state index contributed by atoms with van der Waals surface area (Å²) in [6.07, 6.45) is 0.166. The van der Waals surface area contributed by atoms with Gasteiger partial charge < -0.3 is 10.1 Å². The molecule has 19 heavy (non-hydrogen) atoms. The third-order valence-electron chi connectivity index (χ3n) is 2.79. The molecule has 2 aromatic rings. The van der Waals surface area contributed by atoms with Crippen molar-refractivity contribution in [3.05, 3.63) is 64.6 Å². The topological polar surface area (TPSA) is 21.3 Å². The van der Waals surface area contributed by atoms with Gasteiger partial charge in [0.15, 0.2) is 0 Å². The molecule has 3 heteroatoms. The SMILES string of the molecule is CC(CNc1ccccc1)OCc1cccc(Br)c1. The fourth-order valence-corrected chi connectivity index (χ4v) is 2.19. The average molecular weight is 320 g/mol. The number of ether oxygens (including phenoxy) is 1. The fraction of sp³-hybridized carbons (Fsp3) is 0.250. The molecule has 0 radical (unpaired) electrons. The fourth-order valence-electron chi connectivity index (χ4n) is 1.74. The molecule has 2 rings (SSSR count). The van der Waals surface area contributed by atoms with Gasteiger partial charge in [-0.3, -0.25) is 0 Å². The monoisotopic (exact) mass is 319 g/mol. The Morgan fingerprint density at radius 1 is 1.11 bits per heavy atom. The Labute approximate surface area is 122 Å². The lowest BCUT2D eigenvalue weighted by molar-refractivity contribution is 0.0617. The lowest BCUT2D eigenvalue weighted by atomic mass is 10.2. The summed E-state index contributed by atoms with van der Waals surface area (Å²) in [5.74, 6) is 0. The second kappa shape index (κ2) is 7.31. The minimum atomic E-state index is 0.166. The van der Waals surface area contributed by atoms with Crippen molar-refractivity contribution in [3.8, 4) is 0 Å². The Balaban J connectivity index is 1.74. The quantitative estimate of drug-likeness (QED) is 0.848. The highest BCUT2D eigenvalue weighted by molar-refractivity contribution is 9.10. The van der Waals surface area contributed by atoms with Crippen LogP contribution < -0.4 is 5.32 Å². The molecule has 1 N–H and O–H groups in total. The van der Waals surface area contributed by atoms with Crippen LogP contribution in [0.15, 0.2) is 59.1 Å². The molecule has 100 valence electrons. The number of nitrogens with one attached hydrogen (secondary N) is 1. The zero-order valence-corrected chi connectivity index (χ0v) is 12.6. The first-order chi connectivity index (χ1) is 9.24. The number of anilines is 1. The Kier molecular flexibility index (Phi) is 5.43. The lowest BCUT2D eigenvalue weighted by Crippen LogP contribution is -2.19. The number of hydrogen-bond donors (Lipinski definition) is 1. The second-order valence-corrected chi connectivity index (χ2v) is 5.41. The van der Waals surface area contributed by atoms with E-state index in [2.05, 4.69) is 52.4 Å². The first-order valence-corrected chi connectivity index (χ1v) is 7.18. The van der Waals surface area contributed by atoms with E-state index < -0.39 is 0 Å². The summed E-state index contributed by atoms with van der Waals surface area (Å²) in [6.45, 7) is 3.52. The Morgan fingerprint density at radius 2 is 1.89 bits per heavy atom. The molecule has 0 saturated carbocycles. The van der Waals surface area contributed by atoms with Gasteiger partial charge in [-0.15, -0.1) is 0 Å². The molecular weight excluding hydrogens is 302 g/mol. The minimum Gasteiger partial charge on any atom is -0.382 e. The molecule has 0 aromatic heterocycles. The molecule has 0 spiro atoms. The highest BCUT2D eigenvalue weighted by Crippen LogP contribution is 2.13. The van der Waals surface area contributed by atoms with Gasteiger partial charge in [-0.05, 0) is 36.8 Å². The lowest BCUT2D eigenvalue weighted by Gasteiger charge is -2.15. The minimum absolute atomic E-state index is 0.166. The maximum atomic E-state index is 5.82. The van der Waals surface area contributed by atoms with Crippen LogP contribution in [-0.4, -0.2) is 12.6 Å². The van der Waals surface area contributed by atoms with Gasteiger partial charge in [0.25, 0.3) is 0 Å². The molecular formula is C16H18BrNO. The van der Waals surface area contributed by atoms with Gasteiger partial charge in [-0.25, -0.2) is 0 Å². The van der Waals surface area contributed by atoms with E-state index in [-0.39, 0.29) is 6.10 Å². The zero-order valence-electron chi connectivity index (χ0n) is 11.0. The van der Waals surface area contributed by atoms with Gasteiger partial charge in [0.05, 0.1) is 12.7 Å². The molecule has 0 aliphatic carbocycles. The van der Waals surface area contributed by atoms with E-state index in [9.17, 15) is 0 Å². The van der Waals surface area contributed by atoms with Crippen molar-refractivity contribution in [3.63, 3.8) is 0 Å². The maximum Gasteiger partial charge on any atom is 0.0723 e. The maximum absolute atomic E-state index is 5.82. The van der Waals surface area contributed by atoms with E-state index in [0.29, 0.717) is 6.61 Å². The van der Waals surface area contributed by atoms with Crippen molar-refractivity contribution in [1.29, 1.82) is 0 Å². The van der Waals surface area contributed by atoms with Gasteiger partial charge >= 0.3 is 0 Å². The Hall–Kier alpha value is -1.32. The molecule has 0 aliphatic rings. The average Bonchev–Trinajstić information content (AvgIpc) is 2.44. The number of rotatable bonds is 6. The second-order valence-electron chi connectivity index (χ2n) is 4.50. The van der Waals surface area contributed by atoms with Gasteiger partial charge in [-0.2, -0.15) is 0 Å². The van der Waals surface area contributed by atoms with Crippen LogP contribution in [0.2, 0.25) is 0 Å².